The third-order valence-corrected chi connectivity index (χ3v) is 3.95. The van der Waals surface area contributed by atoms with Gasteiger partial charge in [-0.15, -0.1) is 11.3 Å². The fourth-order valence-corrected chi connectivity index (χ4v) is 2.93. The van der Waals surface area contributed by atoms with Crippen LogP contribution in [0.2, 0.25) is 0 Å². The van der Waals surface area contributed by atoms with E-state index in [1.165, 1.54) is 0 Å². The molecular weight excluding hydrogens is 244 g/mol. The van der Waals surface area contributed by atoms with Crippen LogP contribution < -0.4 is 5.73 Å². The molecule has 0 radical (unpaired) electrons. The first kappa shape index (κ1) is 13.2. The third-order valence-electron chi connectivity index (χ3n) is 3.00. The Morgan fingerprint density at radius 1 is 1.44 bits per heavy atom. The highest BCUT2D eigenvalue weighted by molar-refractivity contribution is 7.09. The molecule has 1 unspecified atom stereocenters. The smallest absolute Gasteiger partial charge is 0.114 e. The van der Waals surface area contributed by atoms with Gasteiger partial charge >= 0.3 is 0 Å². The fourth-order valence-electron chi connectivity index (χ4n) is 1.93. The van der Waals surface area contributed by atoms with E-state index >= 15 is 0 Å². The summed E-state index contributed by atoms with van der Waals surface area (Å²) >= 11 is 1.64. The van der Waals surface area contributed by atoms with Gasteiger partial charge < -0.3 is 5.73 Å². The molecule has 2 heterocycles. The van der Waals surface area contributed by atoms with E-state index in [0.29, 0.717) is 5.92 Å². The summed E-state index contributed by atoms with van der Waals surface area (Å²) in [4.78, 5) is 4.63. The zero-order valence-corrected chi connectivity index (χ0v) is 12.2. The van der Waals surface area contributed by atoms with E-state index in [4.69, 9.17) is 5.73 Å². The van der Waals surface area contributed by atoms with Crippen molar-refractivity contribution in [2.45, 2.75) is 39.2 Å². The molecule has 98 valence electrons. The van der Waals surface area contributed by atoms with E-state index < -0.39 is 0 Å². The number of hydrogen-bond acceptors (Lipinski definition) is 4. The summed E-state index contributed by atoms with van der Waals surface area (Å²) < 4.78 is 1.82. The Bertz CT molecular complexity index is 527. The molecule has 0 amide bonds. The maximum atomic E-state index is 6.31. The van der Waals surface area contributed by atoms with Crippen LogP contribution in [0.15, 0.2) is 11.6 Å². The van der Waals surface area contributed by atoms with Gasteiger partial charge in [-0.3, -0.25) is 4.68 Å². The highest BCUT2D eigenvalue weighted by Gasteiger charge is 2.19. The van der Waals surface area contributed by atoms with Gasteiger partial charge in [-0.1, -0.05) is 20.8 Å². The molecule has 0 saturated carbocycles. The molecule has 0 saturated heterocycles. The predicted molar refractivity (Wildman–Crippen MR) is 74.8 cm³/mol. The lowest BCUT2D eigenvalue weighted by molar-refractivity contribution is 0.746. The van der Waals surface area contributed by atoms with Crippen LogP contribution in [-0.4, -0.2) is 14.8 Å². The first-order chi connectivity index (χ1) is 8.52. The molecule has 1 atom stereocenters. The fraction of sp³-hybridized carbons (Fsp3) is 0.538. The van der Waals surface area contributed by atoms with Crippen LogP contribution in [0.25, 0.3) is 0 Å². The van der Waals surface area contributed by atoms with Gasteiger partial charge in [-0.2, -0.15) is 5.10 Å². The molecule has 0 fully saturated rings. The summed E-state index contributed by atoms with van der Waals surface area (Å²) in [5.41, 5.74) is 9.58. The topological polar surface area (TPSA) is 56.7 Å². The van der Waals surface area contributed by atoms with Gasteiger partial charge in [-0.05, 0) is 12.3 Å². The predicted octanol–water partition coefficient (Wildman–Crippen LogP) is 2.61. The zero-order chi connectivity index (χ0) is 13.3. The van der Waals surface area contributed by atoms with Gasteiger partial charge in [0.1, 0.15) is 5.01 Å². The SMILES string of the molecule is CCc1nn(C)cc1C(N)c1nc(C(C)C)cs1. The van der Waals surface area contributed by atoms with Gasteiger partial charge in [0.2, 0.25) is 0 Å². The highest BCUT2D eigenvalue weighted by atomic mass is 32.1. The molecule has 2 N–H and O–H groups in total. The van der Waals surface area contributed by atoms with E-state index in [1.54, 1.807) is 11.3 Å². The van der Waals surface area contributed by atoms with E-state index in [9.17, 15) is 0 Å². The number of thiazole rings is 1. The Morgan fingerprint density at radius 2 is 2.17 bits per heavy atom. The van der Waals surface area contributed by atoms with E-state index in [-0.39, 0.29) is 6.04 Å². The van der Waals surface area contributed by atoms with Gasteiger partial charge in [0, 0.05) is 24.2 Å². The number of nitrogens with two attached hydrogens (primary N) is 1. The zero-order valence-electron chi connectivity index (χ0n) is 11.3. The second-order valence-corrected chi connectivity index (χ2v) is 5.69. The Morgan fingerprint density at radius 3 is 2.72 bits per heavy atom. The van der Waals surface area contributed by atoms with Gasteiger partial charge in [0.15, 0.2) is 0 Å². The molecule has 2 rings (SSSR count). The molecule has 18 heavy (non-hydrogen) atoms. The van der Waals surface area contributed by atoms with E-state index in [2.05, 4.69) is 36.2 Å². The summed E-state index contributed by atoms with van der Waals surface area (Å²) in [7, 11) is 1.93. The Hall–Kier alpha value is -1.20. The molecule has 0 bridgehead atoms. The summed E-state index contributed by atoms with van der Waals surface area (Å²) in [6, 6.07) is -0.161. The molecule has 0 aromatic carbocycles. The van der Waals surface area contributed by atoms with Crippen molar-refractivity contribution < 1.29 is 0 Å². The van der Waals surface area contributed by atoms with Crippen molar-refractivity contribution >= 4 is 11.3 Å². The van der Waals surface area contributed by atoms with Crippen LogP contribution in [0.4, 0.5) is 0 Å². The Kier molecular flexibility index (Phi) is 3.82. The standard InChI is InChI=1S/C13H20N4S/c1-5-10-9(6-17(4)16-10)12(14)13-15-11(7-18-13)8(2)3/h6-8,12H,5,14H2,1-4H3. The number of hydrogen-bond donors (Lipinski definition) is 1. The van der Waals surface area contributed by atoms with Crippen molar-refractivity contribution in [2.75, 3.05) is 0 Å². The number of aryl methyl sites for hydroxylation is 2. The van der Waals surface area contributed by atoms with Crippen molar-refractivity contribution in [1.29, 1.82) is 0 Å². The van der Waals surface area contributed by atoms with Gasteiger partial charge in [0.25, 0.3) is 0 Å². The quantitative estimate of drug-likeness (QED) is 0.923. The minimum Gasteiger partial charge on any atom is -0.318 e. The number of rotatable bonds is 4. The minimum absolute atomic E-state index is 0.161. The Labute approximate surface area is 112 Å². The third kappa shape index (κ3) is 2.47. The molecular formula is C13H20N4S. The van der Waals surface area contributed by atoms with Crippen molar-refractivity contribution in [3.05, 3.63) is 33.5 Å². The highest BCUT2D eigenvalue weighted by Crippen LogP contribution is 2.27. The summed E-state index contributed by atoms with van der Waals surface area (Å²) in [6.07, 6.45) is 2.90. The van der Waals surface area contributed by atoms with Crippen LogP contribution in [0.1, 0.15) is 54.7 Å². The van der Waals surface area contributed by atoms with E-state index in [0.717, 1.165) is 28.4 Å². The van der Waals surface area contributed by atoms with E-state index in [1.807, 2.05) is 17.9 Å². The van der Waals surface area contributed by atoms with Crippen LogP contribution >= 0.6 is 11.3 Å². The first-order valence-electron chi connectivity index (χ1n) is 6.26. The van der Waals surface area contributed by atoms with Crippen molar-refractivity contribution in [3.63, 3.8) is 0 Å². The molecule has 0 spiro atoms. The van der Waals surface area contributed by atoms with Crippen molar-refractivity contribution in [2.24, 2.45) is 12.8 Å². The van der Waals surface area contributed by atoms with Crippen molar-refractivity contribution in [1.82, 2.24) is 14.8 Å². The lowest BCUT2D eigenvalue weighted by Crippen LogP contribution is -2.13. The molecule has 0 aliphatic carbocycles. The molecule has 0 aliphatic heterocycles. The largest absolute Gasteiger partial charge is 0.318 e. The van der Waals surface area contributed by atoms with Crippen LogP contribution in [0.5, 0.6) is 0 Å². The second kappa shape index (κ2) is 5.20. The molecule has 4 nitrogen and oxygen atoms in total. The maximum absolute atomic E-state index is 6.31. The summed E-state index contributed by atoms with van der Waals surface area (Å²) in [6.45, 7) is 6.39. The number of nitrogens with zero attached hydrogens (tertiary/aromatic N) is 3. The normalized spacial score (nSPS) is 13.2. The first-order valence-corrected chi connectivity index (χ1v) is 7.14. The van der Waals surface area contributed by atoms with Gasteiger partial charge in [-0.25, -0.2) is 4.98 Å². The van der Waals surface area contributed by atoms with Crippen LogP contribution in [0, 0.1) is 0 Å². The summed E-state index contributed by atoms with van der Waals surface area (Å²) in [5, 5.41) is 7.50. The molecule has 2 aromatic heterocycles. The molecule has 0 aliphatic rings. The van der Waals surface area contributed by atoms with Gasteiger partial charge in [0.05, 0.1) is 17.4 Å². The average Bonchev–Trinajstić information content (AvgIpc) is 2.94. The second-order valence-electron chi connectivity index (χ2n) is 4.80. The average molecular weight is 264 g/mol. The minimum atomic E-state index is -0.161. The summed E-state index contributed by atoms with van der Waals surface area (Å²) in [5.74, 6) is 0.446. The Balaban J connectivity index is 2.31. The van der Waals surface area contributed by atoms with Crippen LogP contribution in [0.3, 0.4) is 0 Å². The molecule has 2 aromatic rings. The lowest BCUT2D eigenvalue weighted by Gasteiger charge is -2.07. The van der Waals surface area contributed by atoms with Crippen molar-refractivity contribution in [3.8, 4) is 0 Å². The van der Waals surface area contributed by atoms with Crippen LogP contribution in [-0.2, 0) is 13.5 Å². The molecule has 5 heteroatoms. The monoisotopic (exact) mass is 264 g/mol. The number of aromatic nitrogens is 3. The lowest BCUT2D eigenvalue weighted by atomic mass is 10.1. The maximum Gasteiger partial charge on any atom is 0.114 e.